The van der Waals surface area contributed by atoms with E-state index in [9.17, 15) is 9.59 Å². The highest BCUT2D eigenvalue weighted by Gasteiger charge is 2.35. The fraction of sp³-hybridized carbons (Fsp3) is 0.364. The van der Waals surface area contributed by atoms with Crippen LogP contribution in [0.4, 0.5) is 0 Å². The maximum atomic E-state index is 13.1. The highest BCUT2D eigenvalue weighted by atomic mass is 32.1. The van der Waals surface area contributed by atoms with Crippen LogP contribution in [-0.4, -0.2) is 38.4 Å². The van der Waals surface area contributed by atoms with Gasteiger partial charge in [0.25, 0.3) is 11.5 Å². The molecule has 5 heterocycles. The molecule has 1 amide bonds. The Balaban J connectivity index is 1.33. The Bertz CT molecular complexity index is 1100. The molecule has 2 bridgehead atoms. The average Bonchev–Trinajstić information content (AvgIpc) is 3.27. The van der Waals surface area contributed by atoms with E-state index in [1.54, 1.807) is 29.8 Å². The second-order valence-electron chi connectivity index (χ2n) is 8.04. The maximum absolute atomic E-state index is 13.1. The largest absolute Gasteiger partial charge is 0.347 e. The van der Waals surface area contributed by atoms with Gasteiger partial charge < -0.3 is 9.88 Å². The van der Waals surface area contributed by atoms with Crippen LogP contribution in [0.15, 0.2) is 53.0 Å². The second kappa shape index (κ2) is 8.12. The Morgan fingerprint density at radius 2 is 2.13 bits per heavy atom. The smallest absolute Gasteiger partial charge is 0.263 e. The minimum Gasteiger partial charge on any atom is -0.347 e. The number of likely N-dealkylation sites (tertiary alicyclic amines) is 1. The van der Waals surface area contributed by atoms with Crippen molar-refractivity contribution in [3.63, 3.8) is 0 Å². The number of nitrogens with zero attached hydrogens (tertiary/aromatic N) is 4. The van der Waals surface area contributed by atoms with Crippen LogP contribution < -0.4 is 10.9 Å². The zero-order valence-electron chi connectivity index (χ0n) is 16.5. The van der Waals surface area contributed by atoms with Gasteiger partial charge in [0, 0.05) is 61.3 Å². The SMILES string of the molecule is O=C(NCc1cccs1)c1ccc2n(c1=O)C[C@H]1C[C@@H]2CN(Cc2cnccn2)C1. The molecule has 3 aromatic rings. The van der Waals surface area contributed by atoms with E-state index in [1.165, 1.54) is 0 Å². The molecule has 1 fully saturated rings. The summed E-state index contributed by atoms with van der Waals surface area (Å²) in [5.74, 6) is 0.392. The third kappa shape index (κ3) is 3.80. The molecule has 8 heteroatoms. The van der Waals surface area contributed by atoms with Crippen molar-refractivity contribution in [3.05, 3.63) is 80.4 Å². The van der Waals surface area contributed by atoms with Crippen molar-refractivity contribution in [2.24, 2.45) is 5.92 Å². The Hall–Kier alpha value is -2.84. The van der Waals surface area contributed by atoms with Crippen LogP contribution in [0.2, 0.25) is 0 Å². The highest BCUT2D eigenvalue weighted by Crippen LogP contribution is 2.35. The second-order valence-corrected chi connectivity index (χ2v) is 9.07. The molecule has 0 aromatic carbocycles. The molecule has 7 nitrogen and oxygen atoms in total. The number of pyridine rings is 1. The zero-order valence-corrected chi connectivity index (χ0v) is 17.3. The minimum atomic E-state index is -0.302. The van der Waals surface area contributed by atoms with E-state index in [2.05, 4.69) is 20.2 Å². The van der Waals surface area contributed by atoms with Gasteiger partial charge in [-0.25, -0.2) is 0 Å². The van der Waals surface area contributed by atoms with Crippen LogP contribution in [0.1, 0.15) is 39.0 Å². The quantitative estimate of drug-likeness (QED) is 0.684. The molecule has 2 aliphatic heterocycles. The van der Waals surface area contributed by atoms with E-state index in [0.717, 1.165) is 42.3 Å². The summed E-state index contributed by atoms with van der Waals surface area (Å²) < 4.78 is 1.83. The van der Waals surface area contributed by atoms with Crippen LogP contribution in [0.5, 0.6) is 0 Å². The number of carbonyl (C=O) groups excluding carboxylic acids is 1. The van der Waals surface area contributed by atoms with E-state index < -0.39 is 0 Å². The van der Waals surface area contributed by atoms with Gasteiger partial charge in [0.1, 0.15) is 5.56 Å². The number of hydrogen-bond donors (Lipinski definition) is 1. The number of nitrogens with one attached hydrogen (secondary N) is 1. The van der Waals surface area contributed by atoms with Crippen LogP contribution in [0.25, 0.3) is 0 Å². The van der Waals surface area contributed by atoms with Crippen molar-refractivity contribution in [1.29, 1.82) is 0 Å². The van der Waals surface area contributed by atoms with Crippen LogP contribution in [0.3, 0.4) is 0 Å². The van der Waals surface area contributed by atoms with Gasteiger partial charge in [-0.3, -0.25) is 24.5 Å². The first-order valence-corrected chi connectivity index (χ1v) is 11.1. The lowest BCUT2D eigenvalue weighted by atomic mass is 9.83. The third-order valence-corrected chi connectivity index (χ3v) is 6.81. The van der Waals surface area contributed by atoms with Crippen LogP contribution >= 0.6 is 11.3 Å². The van der Waals surface area contributed by atoms with Gasteiger partial charge in [0.05, 0.1) is 12.2 Å². The summed E-state index contributed by atoms with van der Waals surface area (Å²) in [5, 5.41) is 4.84. The molecule has 0 unspecified atom stereocenters. The van der Waals surface area contributed by atoms with Gasteiger partial charge in [-0.2, -0.15) is 0 Å². The van der Waals surface area contributed by atoms with Crippen molar-refractivity contribution < 1.29 is 4.79 Å². The summed E-state index contributed by atoms with van der Waals surface area (Å²) in [7, 11) is 0. The lowest BCUT2D eigenvalue weighted by Crippen LogP contribution is -2.47. The summed E-state index contributed by atoms with van der Waals surface area (Å²) in [4.78, 5) is 37.7. The number of rotatable bonds is 5. The normalized spacial score (nSPS) is 20.5. The van der Waals surface area contributed by atoms with E-state index in [0.29, 0.717) is 24.9 Å². The van der Waals surface area contributed by atoms with Crippen LogP contribution in [-0.2, 0) is 19.6 Å². The summed E-state index contributed by atoms with van der Waals surface area (Å²) in [6, 6.07) is 7.58. The first-order valence-electron chi connectivity index (χ1n) is 10.2. The van der Waals surface area contributed by atoms with Crippen molar-refractivity contribution in [2.75, 3.05) is 13.1 Å². The Morgan fingerprint density at radius 3 is 2.93 bits per heavy atom. The number of fused-ring (bicyclic) bond motifs is 4. The van der Waals surface area contributed by atoms with E-state index in [-0.39, 0.29) is 17.0 Å². The molecular weight excluding hydrogens is 398 g/mol. The first kappa shape index (κ1) is 19.1. The van der Waals surface area contributed by atoms with Gasteiger partial charge in [0.15, 0.2) is 0 Å². The molecule has 0 radical (unpaired) electrons. The lowest BCUT2D eigenvalue weighted by molar-refractivity contribution is 0.0944. The molecule has 2 atom stereocenters. The monoisotopic (exact) mass is 421 g/mol. The number of thiophene rings is 1. The molecule has 0 aliphatic carbocycles. The van der Waals surface area contributed by atoms with Gasteiger partial charge in [-0.15, -0.1) is 11.3 Å². The number of piperidine rings is 1. The van der Waals surface area contributed by atoms with Crippen molar-refractivity contribution in [1.82, 2.24) is 24.8 Å². The van der Waals surface area contributed by atoms with Gasteiger partial charge in [-0.1, -0.05) is 6.07 Å². The summed E-state index contributed by atoms with van der Waals surface area (Å²) >= 11 is 1.59. The summed E-state index contributed by atoms with van der Waals surface area (Å²) in [5.41, 5.74) is 2.06. The molecule has 1 saturated heterocycles. The molecular formula is C22H23N5O2S. The fourth-order valence-corrected chi connectivity index (χ4v) is 5.31. The summed E-state index contributed by atoms with van der Waals surface area (Å²) in [6.07, 6.45) is 6.30. The maximum Gasteiger partial charge on any atom is 0.263 e. The highest BCUT2D eigenvalue weighted by molar-refractivity contribution is 7.09. The molecule has 30 heavy (non-hydrogen) atoms. The molecule has 3 aromatic heterocycles. The molecule has 2 aliphatic rings. The van der Waals surface area contributed by atoms with Crippen LogP contribution in [0, 0.1) is 5.92 Å². The number of aromatic nitrogens is 3. The predicted octanol–water partition coefficient (Wildman–Crippen LogP) is 2.25. The first-order chi connectivity index (χ1) is 14.7. The predicted molar refractivity (Wildman–Crippen MR) is 114 cm³/mol. The molecule has 0 spiro atoms. The standard InChI is InChI=1S/C22H23N5O2S/c28-21(25-10-18-2-1-7-30-18)19-3-4-20-16-8-15(12-27(20)22(19)29)11-26(13-16)14-17-9-23-5-6-24-17/h1-7,9,15-16H,8,10-14H2,(H,25,28)/t15-,16+/m0/s1. The number of carbonyl (C=O) groups is 1. The fourth-order valence-electron chi connectivity index (χ4n) is 4.66. The van der Waals surface area contributed by atoms with Crippen molar-refractivity contribution >= 4 is 17.2 Å². The Labute approximate surface area is 178 Å². The molecule has 154 valence electrons. The number of hydrogen-bond acceptors (Lipinski definition) is 6. The van der Waals surface area contributed by atoms with Gasteiger partial charge in [0.2, 0.25) is 0 Å². The van der Waals surface area contributed by atoms with E-state index in [1.807, 2.05) is 34.3 Å². The average molecular weight is 422 g/mol. The zero-order chi connectivity index (χ0) is 20.5. The topological polar surface area (TPSA) is 80.1 Å². The molecule has 0 saturated carbocycles. The molecule has 1 N–H and O–H groups in total. The van der Waals surface area contributed by atoms with Gasteiger partial charge >= 0.3 is 0 Å². The number of amides is 1. The molecule has 5 rings (SSSR count). The van der Waals surface area contributed by atoms with E-state index in [4.69, 9.17) is 0 Å². The third-order valence-electron chi connectivity index (χ3n) is 5.93. The Morgan fingerprint density at radius 1 is 1.20 bits per heavy atom. The Kier molecular flexibility index (Phi) is 5.18. The van der Waals surface area contributed by atoms with Crippen molar-refractivity contribution in [2.45, 2.75) is 32.0 Å². The minimum absolute atomic E-state index is 0.173. The lowest BCUT2D eigenvalue weighted by Gasteiger charge is -2.42. The van der Waals surface area contributed by atoms with E-state index >= 15 is 0 Å². The van der Waals surface area contributed by atoms with Gasteiger partial charge in [-0.05, 0) is 35.9 Å². The van der Waals surface area contributed by atoms with Crippen molar-refractivity contribution in [3.8, 4) is 0 Å². The summed E-state index contributed by atoms with van der Waals surface area (Å²) in [6.45, 7) is 3.69.